The van der Waals surface area contributed by atoms with Gasteiger partial charge in [-0.25, -0.2) is 9.18 Å². The number of nitrogens with zero attached hydrogens (tertiary/aromatic N) is 1. The molecule has 0 spiro atoms. The highest BCUT2D eigenvalue weighted by atomic mass is 35.5. The number of imide groups is 1. The minimum Gasteiger partial charge on any atom is -0.319 e. The Labute approximate surface area is 148 Å². The Balaban J connectivity index is 1.85. The standard InChI is InChI=1S/C18H14ClFN2O3/c1-18(13-4-2-3-5-14(13)19)16(24)22(17(25)21-18)10-15(23)11-6-8-12(20)9-7-11/h2-9H,10H2,1H3,(H,21,25). The molecule has 1 saturated heterocycles. The van der Waals surface area contributed by atoms with Crippen molar-refractivity contribution in [2.45, 2.75) is 12.5 Å². The fourth-order valence-corrected chi connectivity index (χ4v) is 3.09. The molecule has 5 nitrogen and oxygen atoms in total. The number of urea groups is 1. The first kappa shape index (κ1) is 17.1. The summed E-state index contributed by atoms with van der Waals surface area (Å²) in [4.78, 5) is 38.2. The van der Waals surface area contributed by atoms with Gasteiger partial charge in [0.05, 0.1) is 6.54 Å². The molecule has 1 fully saturated rings. The Morgan fingerprint density at radius 2 is 1.80 bits per heavy atom. The van der Waals surface area contributed by atoms with Gasteiger partial charge in [-0.3, -0.25) is 14.5 Å². The molecule has 0 bridgehead atoms. The minimum absolute atomic E-state index is 0.216. The van der Waals surface area contributed by atoms with Crippen molar-refractivity contribution in [2.75, 3.05) is 6.54 Å². The van der Waals surface area contributed by atoms with Gasteiger partial charge in [-0.05, 0) is 37.3 Å². The Hall–Kier alpha value is -2.73. The highest BCUT2D eigenvalue weighted by Gasteiger charge is 2.50. The van der Waals surface area contributed by atoms with Crippen LogP contribution in [0.2, 0.25) is 5.02 Å². The fourth-order valence-electron chi connectivity index (χ4n) is 2.76. The van der Waals surface area contributed by atoms with E-state index in [9.17, 15) is 18.8 Å². The second-order valence-electron chi connectivity index (χ2n) is 5.86. The molecular formula is C18H14ClFN2O3. The summed E-state index contributed by atoms with van der Waals surface area (Å²) < 4.78 is 13.0. The fraction of sp³-hybridized carbons (Fsp3) is 0.167. The van der Waals surface area contributed by atoms with E-state index in [1.807, 2.05) is 0 Å². The van der Waals surface area contributed by atoms with Crippen LogP contribution in [0.15, 0.2) is 48.5 Å². The van der Waals surface area contributed by atoms with Crippen molar-refractivity contribution in [3.05, 3.63) is 70.5 Å². The van der Waals surface area contributed by atoms with Gasteiger partial charge in [-0.2, -0.15) is 0 Å². The lowest BCUT2D eigenvalue weighted by Gasteiger charge is -2.23. The van der Waals surface area contributed by atoms with Crippen molar-refractivity contribution >= 4 is 29.3 Å². The van der Waals surface area contributed by atoms with Crippen LogP contribution in [-0.2, 0) is 10.3 Å². The first-order chi connectivity index (χ1) is 11.8. The summed E-state index contributed by atoms with van der Waals surface area (Å²) in [6, 6.07) is 10.9. The molecule has 1 aliphatic rings. The van der Waals surface area contributed by atoms with Crippen molar-refractivity contribution in [1.82, 2.24) is 10.2 Å². The van der Waals surface area contributed by atoms with Crippen LogP contribution in [0, 0.1) is 5.82 Å². The number of carbonyl (C=O) groups is 3. The lowest BCUT2D eigenvalue weighted by molar-refractivity contribution is -0.130. The zero-order valence-corrected chi connectivity index (χ0v) is 14.0. The summed E-state index contributed by atoms with van der Waals surface area (Å²) >= 11 is 6.15. The van der Waals surface area contributed by atoms with Gasteiger partial charge < -0.3 is 5.32 Å². The van der Waals surface area contributed by atoms with Crippen molar-refractivity contribution in [3.8, 4) is 0 Å². The smallest absolute Gasteiger partial charge is 0.319 e. The van der Waals surface area contributed by atoms with E-state index in [1.54, 1.807) is 24.3 Å². The number of rotatable bonds is 4. The number of Topliss-reactive ketones (excluding diaryl/α,β-unsaturated/α-hetero) is 1. The van der Waals surface area contributed by atoms with E-state index in [-0.39, 0.29) is 5.56 Å². The third-order valence-electron chi connectivity index (χ3n) is 4.16. The number of ketones is 1. The SMILES string of the molecule is CC1(c2ccccc2Cl)NC(=O)N(CC(=O)c2ccc(F)cc2)C1=O. The maximum Gasteiger partial charge on any atom is 0.325 e. The average Bonchev–Trinajstić information content (AvgIpc) is 2.80. The summed E-state index contributed by atoms with van der Waals surface area (Å²) in [6.45, 7) is 1.10. The number of amides is 3. The van der Waals surface area contributed by atoms with Crippen LogP contribution >= 0.6 is 11.6 Å². The molecule has 0 aromatic heterocycles. The molecule has 1 aliphatic heterocycles. The van der Waals surface area contributed by atoms with Gasteiger partial charge in [0.15, 0.2) is 5.78 Å². The van der Waals surface area contributed by atoms with Crippen LogP contribution in [0.25, 0.3) is 0 Å². The van der Waals surface area contributed by atoms with Gasteiger partial charge in [0.2, 0.25) is 0 Å². The van der Waals surface area contributed by atoms with Gasteiger partial charge in [0.25, 0.3) is 5.91 Å². The van der Waals surface area contributed by atoms with Crippen LogP contribution in [0.1, 0.15) is 22.8 Å². The molecule has 3 amide bonds. The number of nitrogens with one attached hydrogen (secondary N) is 1. The van der Waals surface area contributed by atoms with E-state index >= 15 is 0 Å². The monoisotopic (exact) mass is 360 g/mol. The predicted molar refractivity (Wildman–Crippen MR) is 89.8 cm³/mol. The summed E-state index contributed by atoms with van der Waals surface area (Å²) in [5.74, 6) is -1.51. The van der Waals surface area contributed by atoms with E-state index in [4.69, 9.17) is 11.6 Å². The second kappa shape index (κ2) is 6.29. The van der Waals surface area contributed by atoms with Gasteiger partial charge in [0.1, 0.15) is 11.4 Å². The van der Waals surface area contributed by atoms with E-state index in [1.165, 1.54) is 19.1 Å². The molecule has 25 heavy (non-hydrogen) atoms. The molecule has 1 N–H and O–H groups in total. The van der Waals surface area contributed by atoms with Crippen molar-refractivity contribution in [2.24, 2.45) is 0 Å². The molecule has 2 aromatic rings. The third-order valence-corrected chi connectivity index (χ3v) is 4.49. The number of hydrogen-bond acceptors (Lipinski definition) is 3. The summed E-state index contributed by atoms with van der Waals surface area (Å²) in [5, 5.41) is 2.93. The normalized spacial score (nSPS) is 19.9. The Morgan fingerprint density at radius 3 is 2.44 bits per heavy atom. The van der Waals surface area contributed by atoms with Crippen LogP contribution in [0.4, 0.5) is 9.18 Å². The molecule has 0 radical (unpaired) electrons. The molecule has 1 heterocycles. The summed E-state index contributed by atoms with van der Waals surface area (Å²) in [6.07, 6.45) is 0. The van der Waals surface area contributed by atoms with E-state index in [0.29, 0.717) is 10.6 Å². The third kappa shape index (κ3) is 3.00. The quantitative estimate of drug-likeness (QED) is 0.673. The first-order valence-corrected chi connectivity index (χ1v) is 7.88. The highest BCUT2D eigenvalue weighted by molar-refractivity contribution is 6.32. The molecule has 0 aliphatic carbocycles. The lowest BCUT2D eigenvalue weighted by atomic mass is 9.92. The van der Waals surface area contributed by atoms with Gasteiger partial charge in [-0.15, -0.1) is 0 Å². The minimum atomic E-state index is -1.35. The van der Waals surface area contributed by atoms with Crippen LogP contribution in [-0.4, -0.2) is 29.2 Å². The number of carbonyl (C=O) groups excluding carboxylic acids is 3. The summed E-state index contributed by atoms with van der Waals surface area (Å²) in [7, 11) is 0. The first-order valence-electron chi connectivity index (χ1n) is 7.51. The Morgan fingerprint density at radius 1 is 1.16 bits per heavy atom. The van der Waals surface area contributed by atoms with Gasteiger partial charge >= 0.3 is 6.03 Å². The van der Waals surface area contributed by atoms with Crippen molar-refractivity contribution in [3.63, 3.8) is 0 Å². The molecule has 1 unspecified atom stereocenters. The molecular weight excluding hydrogens is 347 g/mol. The average molecular weight is 361 g/mol. The lowest BCUT2D eigenvalue weighted by Crippen LogP contribution is -2.41. The molecule has 3 rings (SSSR count). The van der Waals surface area contributed by atoms with E-state index in [0.717, 1.165) is 17.0 Å². The molecule has 1 atom stereocenters. The molecule has 2 aromatic carbocycles. The zero-order chi connectivity index (χ0) is 18.2. The number of benzene rings is 2. The molecule has 7 heteroatoms. The Bertz CT molecular complexity index is 869. The van der Waals surface area contributed by atoms with Crippen LogP contribution in [0.3, 0.4) is 0 Å². The topological polar surface area (TPSA) is 66.5 Å². The van der Waals surface area contributed by atoms with E-state index in [2.05, 4.69) is 5.32 Å². The largest absolute Gasteiger partial charge is 0.325 e. The van der Waals surface area contributed by atoms with E-state index < -0.39 is 35.6 Å². The van der Waals surface area contributed by atoms with Gasteiger partial charge in [0, 0.05) is 16.1 Å². The zero-order valence-electron chi connectivity index (χ0n) is 13.3. The Kier molecular flexibility index (Phi) is 4.30. The van der Waals surface area contributed by atoms with Crippen LogP contribution in [0.5, 0.6) is 0 Å². The predicted octanol–water partition coefficient (Wildman–Crippen LogP) is 3.13. The molecule has 0 saturated carbocycles. The maximum absolute atomic E-state index is 13.0. The second-order valence-corrected chi connectivity index (χ2v) is 6.26. The van der Waals surface area contributed by atoms with Gasteiger partial charge in [-0.1, -0.05) is 29.8 Å². The van der Waals surface area contributed by atoms with Crippen molar-refractivity contribution in [1.29, 1.82) is 0 Å². The van der Waals surface area contributed by atoms with Crippen LogP contribution < -0.4 is 5.32 Å². The number of hydrogen-bond donors (Lipinski definition) is 1. The highest BCUT2D eigenvalue weighted by Crippen LogP contribution is 2.33. The summed E-state index contributed by atoms with van der Waals surface area (Å²) in [5.41, 5.74) is -0.682. The van der Waals surface area contributed by atoms with Crippen molar-refractivity contribution < 1.29 is 18.8 Å². The number of halogens is 2. The molecule has 128 valence electrons. The maximum atomic E-state index is 13.0.